The van der Waals surface area contributed by atoms with Gasteiger partial charge in [0.05, 0.1) is 43.9 Å². The van der Waals surface area contributed by atoms with Gasteiger partial charge in [-0.3, -0.25) is 4.79 Å². The summed E-state index contributed by atoms with van der Waals surface area (Å²) in [5.74, 6) is -0.940. The van der Waals surface area contributed by atoms with E-state index in [4.69, 9.17) is 9.47 Å². The first-order chi connectivity index (χ1) is 14.9. The number of esters is 1. The molecule has 1 saturated heterocycles. The van der Waals surface area contributed by atoms with E-state index in [9.17, 15) is 14.7 Å². The van der Waals surface area contributed by atoms with E-state index in [1.54, 1.807) is 10.8 Å². The molecule has 3 N–H and O–H groups in total. The van der Waals surface area contributed by atoms with Crippen LogP contribution in [0, 0.1) is 5.92 Å². The molecule has 1 aliphatic heterocycles. The predicted octanol–water partition coefficient (Wildman–Crippen LogP) is 2.78. The summed E-state index contributed by atoms with van der Waals surface area (Å²) in [7, 11) is 1.32. The third-order valence-corrected chi connectivity index (χ3v) is 5.68. The highest BCUT2D eigenvalue weighted by atomic mass is 16.5. The lowest BCUT2D eigenvalue weighted by atomic mass is 10.1. The van der Waals surface area contributed by atoms with E-state index in [1.165, 1.54) is 7.11 Å². The van der Waals surface area contributed by atoms with Gasteiger partial charge in [0, 0.05) is 24.0 Å². The number of hydrogen-bond donors (Lipinski definition) is 3. The van der Waals surface area contributed by atoms with Gasteiger partial charge in [0.15, 0.2) is 5.69 Å². The van der Waals surface area contributed by atoms with Crippen LogP contribution in [0.2, 0.25) is 0 Å². The van der Waals surface area contributed by atoms with E-state index >= 15 is 0 Å². The number of amides is 1. The van der Waals surface area contributed by atoms with Crippen LogP contribution >= 0.6 is 0 Å². The predicted molar refractivity (Wildman–Crippen MR) is 118 cm³/mol. The van der Waals surface area contributed by atoms with Gasteiger partial charge in [-0.2, -0.15) is 0 Å². The van der Waals surface area contributed by atoms with Crippen LogP contribution in [0.25, 0.3) is 11.0 Å². The number of ether oxygens (including phenoxy) is 2. The van der Waals surface area contributed by atoms with Crippen molar-refractivity contribution in [3.8, 4) is 0 Å². The summed E-state index contributed by atoms with van der Waals surface area (Å²) >= 11 is 0. The minimum atomic E-state index is -0.548. The minimum absolute atomic E-state index is 0.0360. The Morgan fingerprint density at radius 3 is 2.81 bits per heavy atom. The molecule has 2 aromatic rings. The highest BCUT2D eigenvalue weighted by Gasteiger charge is 2.29. The minimum Gasteiger partial charge on any atom is -0.464 e. The lowest BCUT2D eigenvalue weighted by Gasteiger charge is -2.15. The molecule has 170 valence electrons. The molecule has 0 aromatic carbocycles. The largest absolute Gasteiger partial charge is 0.464 e. The van der Waals surface area contributed by atoms with E-state index in [0.29, 0.717) is 42.0 Å². The number of pyridine rings is 1. The van der Waals surface area contributed by atoms with Gasteiger partial charge in [-0.1, -0.05) is 13.8 Å². The molecule has 0 bridgehead atoms. The van der Waals surface area contributed by atoms with Gasteiger partial charge in [-0.05, 0) is 32.3 Å². The summed E-state index contributed by atoms with van der Waals surface area (Å²) < 4.78 is 12.6. The second-order valence-corrected chi connectivity index (χ2v) is 8.08. The SMILES string of the molecule is CC[C@H](C)C(=O)Nc1c(C(=O)OC)n(C[C@@H]2CCCO2)c2ncc(N[C@H](C)CO)cc12. The fourth-order valence-electron chi connectivity index (χ4n) is 3.67. The smallest absolute Gasteiger partial charge is 0.356 e. The Labute approximate surface area is 182 Å². The molecule has 0 spiro atoms. The molecule has 9 nitrogen and oxygen atoms in total. The van der Waals surface area contributed by atoms with Crippen LogP contribution in [0.1, 0.15) is 50.5 Å². The van der Waals surface area contributed by atoms with Crippen molar-refractivity contribution in [1.82, 2.24) is 9.55 Å². The van der Waals surface area contributed by atoms with E-state index in [-0.39, 0.29) is 36.3 Å². The van der Waals surface area contributed by atoms with Crippen LogP contribution in [-0.2, 0) is 20.8 Å². The molecule has 31 heavy (non-hydrogen) atoms. The molecule has 1 fully saturated rings. The summed E-state index contributed by atoms with van der Waals surface area (Å²) in [5.41, 5.74) is 1.89. The van der Waals surface area contributed by atoms with E-state index < -0.39 is 5.97 Å². The maximum atomic E-state index is 12.8. The Balaban J connectivity index is 2.16. The van der Waals surface area contributed by atoms with Crippen molar-refractivity contribution in [1.29, 1.82) is 0 Å². The Bertz CT molecular complexity index is 936. The molecular formula is C22H32N4O5. The highest BCUT2D eigenvalue weighted by molar-refractivity contribution is 6.11. The molecule has 9 heteroatoms. The van der Waals surface area contributed by atoms with Gasteiger partial charge in [0.25, 0.3) is 0 Å². The quantitative estimate of drug-likeness (QED) is 0.522. The summed E-state index contributed by atoms with van der Waals surface area (Å²) in [5, 5.41) is 16.1. The molecule has 3 heterocycles. The van der Waals surface area contributed by atoms with Crippen LogP contribution in [0.4, 0.5) is 11.4 Å². The van der Waals surface area contributed by atoms with Crippen molar-refractivity contribution >= 4 is 34.3 Å². The Kier molecular flexibility index (Phi) is 7.50. The van der Waals surface area contributed by atoms with Crippen LogP contribution in [0.5, 0.6) is 0 Å². The zero-order chi connectivity index (χ0) is 22.5. The van der Waals surface area contributed by atoms with Crippen LogP contribution < -0.4 is 10.6 Å². The monoisotopic (exact) mass is 432 g/mol. The maximum absolute atomic E-state index is 12.8. The molecule has 0 aliphatic carbocycles. The van der Waals surface area contributed by atoms with Gasteiger partial charge < -0.3 is 29.8 Å². The van der Waals surface area contributed by atoms with Crippen molar-refractivity contribution in [3.63, 3.8) is 0 Å². The number of fused-ring (bicyclic) bond motifs is 1. The summed E-state index contributed by atoms with van der Waals surface area (Å²) in [6.45, 7) is 6.71. The van der Waals surface area contributed by atoms with Gasteiger partial charge >= 0.3 is 5.97 Å². The summed E-state index contributed by atoms with van der Waals surface area (Å²) in [6.07, 6.45) is 4.15. The molecular weight excluding hydrogens is 400 g/mol. The number of nitrogens with one attached hydrogen (secondary N) is 2. The maximum Gasteiger partial charge on any atom is 0.356 e. The zero-order valence-electron chi connectivity index (χ0n) is 18.6. The highest BCUT2D eigenvalue weighted by Crippen LogP contribution is 2.34. The van der Waals surface area contributed by atoms with Gasteiger partial charge in [0.1, 0.15) is 5.65 Å². The fourth-order valence-corrected chi connectivity index (χ4v) is 3.67. The first-order valence-electron chi connectivity index (χ1n) is 10.8. The topological polar surface area (TPSA) is 115 Å². The van der Waals surface area contributed by atoms with Gasteiger partial charge in [0.2, 0.25) is 5.91 Å². The molecule has 3 rings (SSSR count). The van der Waals surface area contributed by atoms with Crippen molar-refractivity contribution in [2.24, 2.45) is 5.92 Å². The number of nitrogens with zero attached hydrogens (tertiary/aromatic N) is 2. The second-order valence-electron chi connectivity index (χ2n) is 8.08. The lowest BCUT2D eigenvalue weighted by molar-refractivity contribution is -0.119. The fraction of sp³-hybridized carbons (Fsp3) is 0.591. The average Bonchev–Trinajstić information content (AvgIpc) is 3.39. The molecule has 0 saturated carbocycles. The Hall–Kier alpha value is -2.65. The molecule has 2 aromatic heterocycles. The number of aliphatic hydroxyl groups excluding tert-OH is 1. The Morgan fingerprint density at radius 2 is 2.19 bits per heavy atom. The number of aliphatic hydroxyl groups is 1. The number of methoxy groups -OCH3 is 1. The lowest BCUT2D eigenvalue weighted by Crippen LogP contribution is -2.23. The number of aromatic nitrogens is 2. The van der Waals surface area contributed by atoms with Crippen LogP contribution in [0.3, 0.4) is 0 Å². The third kappa shape index (κ3) is 4.99. The number of anilines is 2. The van der Waals surface area contributed by atoms with Crippen molar-refractivity contribution in [3.05, 3.63) is 18.0 Å². The van der Waals surface area contributed by atoms with Gasteiger partial charge in [-0.15, -0.1) is 0 Å². The molecule has 0 radical (unpaired) electrons. The standard InChI is InChI=1S/C22H32N4O5/c1-5-13(2)21(28)25-18-17-9-15(24-14(3)12-27)10-23-20(17)26(19(18)22(29)30-4)11-16-7-6-8-31-16/h9-10,13-14,16,24,27H,5-8,11-12H2,1-4H3,(H,25,28)/t13-,14+,16-/m0/s1. The van der Waals surface area contributed by atoms with Crippen LogP contribution in [-0.4, -0.2) is 59.0 Å². The van der Waals surface area contributed by atoms with Crippen molar-refractivity contribution in [2.45, 2.75) is 58.7 Å². The van der Waals surface area contributed by atoms with E-state index in [0.717, 1.165) is 12.8 Å². The molecule has 1 amide bonds. The Morgan fingerprint density at radius 1 is 1.42 bits per heavy atom. The first kappa shape index (κ1) is 23.0. The van der Waals surface area contributed by atoms with Crippen LogP contribution in [0.15, 0.2) is 12.3 Å². The first-order valence-corrected chi connectivity index (χ1v) is 10.8. The molecule has 3 atom stereocenters. The normalized spacial score (nSPS) is 18.0. The van der Waals surface area contributed by atoms with Crippen molar-refractivity contribution in [2.75, 3.05) is 31.0 Å². The second kappa shape index (κ2) is 10.1. The molecule has 1 aliphatic rings. The number of rotatable bonds is 9. The van der Waals surface area contributed by atoms with E-state index in [1.807, 2.05) is 26.8 Å². The molecule has 0 unspecified atom stereocenters. The van der Waals surface area contributed by atoms with E-state index in [2.05, 4.69) is 15.6 Å². The number of hydrogen-bond acceptors (Lipinski definition) is 7. The van der Waals surface area contributed by atoms with Gasteiger partial charge in [-0.25, -0.2) is 9.78 Å². The van der Waals surface area contributed by atoms with Crippen molar-refractivity contribution < 1.29 is 24.2 Å². The zero-order valence-corrected chi connectivity index (χ0v) is 18.6. The summed E-state index contributed by atoms with van der Waals surface area (Å²) in [6, 6.07) is 1.66. The average molecular weight is 433 g/mol. The number of carbonyl (C=O) groups is 2. The summed E-state index contributed by atoms with van der Waals surface area (Å²) in [4.78, 5) is 30.1. The third-order valence-electron chi connectivity index (χ3n) is 5.68. The number of carbonyl (C=O) groups excluding carboxylic acids is 2.